The van der Waals surface area contributed by atoms with E-state index in [4.69, 9.17) is 19.8 Å². The molecular weight excluding hydrogens is 849 g/mol. The first-order valence-electron chi connectivity index (χ1n) is 19.9. The second-order valence-corrected chi connectivity index (χ2v) is 16.0. The van der Waals surface area contributed by atoms with Gasteiger partial charge in [-0.1, -0.05) is 28.8 Å². The van der Waals surface area contributed by atoms with Crippen LogP contribution in [0.15, 0.2) is 174 Å². The highest BCUT2D eigenvalue weighted by Crippen LogP contribution is 2.40. The quantitative estimate of drug-likeness (QED) is 0.0160. The Kier molecular flexibility index (Phi) is 13.9. The van der Waals surface area contributed by atoms with Gasteiger partial charge in [-0.2, -0.15) is 38.8 Å². The summed E-state index contributed by atoms with van der Waals surface area (Å²) in [4.78, 5) is 11.9. The lowest BCUT2D eigenvalue weighted by molar-refractivity contribution is 0.317. The van der Waals surface area contributed by atoms with Gasteiger partial charge in [0, 0.05) is 47.5 Å². The summed E-state index contributed by atoms with van der Waals surface area (Å²) >= 11 is 0. The van der Waals surface area contributed by atoms with E-state index in [1.165, 1.54) is 11.7 Å². The van der Waals surface area contributed by atoms with E-state index in [1.54, 1.807) is 109 Å². The Hall–Kier alpha value is -8.31. The molecule has 0 unspecified atom stereocenters. The van der Waals surface area contributed by atoms with Gasteiger partial charge in [-0.05, 0) is 110 Å². The van der Waals surface area contributed by atoms with Crippen LogP contribution in [0.5, 0.6) is 17.2 Å². The molecule has 0 atom stereocenters. The number of nitrogens with zero attached hydrogens (tertiary/aromatic N) is 9. The molecule has 0 aliphatic rings. The molecular formula is C47H41N10O7S+. The van der Waals surface area contributed by atoms with Crippen molar-refractivity contribution in [2.45, 2.75) is 20.3 Å². The first-order chi connectivity index (χ1) is 31.4. The summed E-state index contributed by atoms with van der Waals surface area (Å²) in [6.07, 6.45) is 1.99. The minimum Gasteiger partial charge on any atom is -0.505 e. The number of benzene rings is 7. The van der Waals surface area contributed by atoms with Crippen LogP contribution < -0.4 is 19.8 Å². The Bertz CT molecular complexity index is 3190. The Morgan fingerprint density at radius 3 is 1.83 bits per heavy atom. The summed E-state index contributed by atoms with van der Waals surface area (Å²) in [5.74, 6) is 0.136. The number of phenolic OH excluding ortho intramolecular Hbond substituents is 1. The van der Waals surface area contributed by atoms with Gasteiger partial charge < -0.3 is 20.3 Å². The van der Waals surface area contributed by atoms with Crippen LogP contribution in [0.3, 0.4) is 0 Å². The number of hydrogen-bond acceptors (Lipinski definition) is 15. The molecule has 0 bridgehead atoms. The highest BCUT2D eigenvalue weighted by molar-refractivity contribution is 7.85. The van der Waals surface area contributed by atoms with E-state index in [9.17, 15) is 18.3 Å². The summed E-state index contributed by atoms with van der Waals surface area (Å²) in [7, 11) is -2.65. The molecule has 17 nitrogen and oxygen atoms in total. The zero-order valence-corrected chi connectivity index (χ0v) is 36.1. The largest absolute Gasteiger partial charge is 0.505 e. The fraction of sp³-hybridized carbons (Fsp3) is 0.128. The fourth-order valence-corrected chi connectivity index (χ4v) is 6.80. The lowest BCUT2D eigenvalue weighted by Crippen LogP contribution is -2.08. The zero-order valence-electron chi connectivity index (χ0n) is 35.3. The normalized spacial score (nSPS) is 11.9. The molecule has 0 saturated carbocycles. The van der Waals surface area contributed by atoms with E-state index in [2.05, 4.69) is 40.9 Å². The summed E-state index contributed by atoms with van der Waals surface area (Å²) in [5.41, 5.74) is 13.0. The van der Waals surface area contributed by atoms with Crippen molar-refractivity contribution in [3.8, 4) is 17.2 Å². The minimum absolute atomic E-state index is 0.00717. The Morgan fingerprint density at radius 1 is 0.615 bits per heavy atom. The average molecular weight is 890 g/mol. The molecule has 0 aliphatic carbocycles. The molecule has 7 aromatic carbocycles. The van der Waals surface area contributed by atoms with Crippen LogP contribution in [0.1, 0.15) is 17.5 Å². The van der Waals surface area contributed by atoms with Crippen molar-refractivity contribution >= 4 is 89.5 Å². The fourth-order valence-electron chi connectivity index (χ4n) is 6.32. The second kappa shape index (κ2) is 20.3. The third-order valence-electron chi connectivity index (χ3n) is 9.75. The minimum atomic E-state index is -4.15. The predicted octanol–water partition coefficient (Wildman–Crippen LogP) is 13.2. The van der Waals surface area contributed by atoms with E-state index in [0.29, 0.717) is 79.1 Å². The van der Waals surface area contributed by atoms with E-state index in [0.717, 1.165) is 11.1 Å². The first kappa shape index (κ1) is 44.7. The summed E-state index contributed by atoms with van der Waals surface area (Å²) in [5, 5.41) is 47.2. The van der Waals surface area contributed by atoms with Gasteiger partial charge in [-0.25, -0.2) is 0 Å². The number of methoxy groups -OCH3 is 1. The number of ether oxygens (including phenoxy) is 2. The Morgan fingerprint density at radius 2 is 1.17 bits per heavy atom. The van der Waals surface area contributed by atoms with Crippen LogP contribution >= 0.6 is 0 Å². The maximum Gasteiger partial charge on any atom is 0.437 e. The van der Waals surface area contributed by atoms with E-state index in [-0.39, 0.29) is 24.5 Å². The monoisotopic (exact) mass is 889 g/mol. The van der Waals surface area contributed by atoms with Gasteiger partial charge in [-0.15, -0.1) is 15.3 Å². The SMILES string of the molecule is COc1cc(N=Nc2ccc(N=Nc3ccc(N=Nc4ccccc4C)cc3OCCCS(=O)(=O)O)c(C)c2)ccc1N=Nc1ccc2cc([N+](=C=O)c3ccc(N)cc3)ccc2c1O. The maximum absolute atomic E-state index is 11.9. The number of aryl methyl sites for hydroxylation is 2. The van der Waals surface area contributed by atoms with Crippen LogP contribution in [0, 0.1) is 13.8 Å². The third-order valence-corrected chi connectivity index (χ3v) is 10.6. The Balaban J connectivity index is 1.03. The number of isocyanates is 1. The van der Waals surface area contributed by atoms with Gasteiger partial charge in [0.05, 0.1) is 47.9 Å². The molecule has 0 fully saturated rings. The first-order valence-corrected chi connectivity index (χ1v) is 21.5. The highest BCUT2D eigenvalue weighted by Gasteiger charge is 2.17. The molecule has 0 amide bonds. The number of aromatic hydroxyl groups is 1. The number of anilines is 1. The summed E-state index contributed by atoms with van der Waals surface area (Å²) < 4.78 is 44.4. The van der Waals surface area contributed by atoms with Crippen molar-refractivity contribution in [3.63, 3.8) is 0 Å². The van der Waals surface area contributed by atoms with Crippen LogP contribution in [-0.4, -0.2) is 43.6 Å². The number of carbonyl (C=O) groups excluding carboxylic acids is 1. The van der Waals surface area contributed by atoms with Crippen molar-refractivity contribution in [1.82, 2.24) is 4.58 Å². The molecule has 0 saturated heterocycles. The van der Waals surface area contributed by atoms with Crippen molar-refractivity contribution in [2.24, 2.45) is 40.9 Å². The van der Waals surface area contributed by atoms with Gasteiger partial charge in [0.1, 0.15) is 28.6 Å². The molecule has 0 aromatic heterocycles. The van der Waals surface area contributed by atoms with Crippen LogP contribution in [-0.2, 0) is 14.9 Å². The number of rotatable bonds is 16. The van der Waals surface area contributed by atoms with E-state index < -0.39 is 15.9 Å². The maximum atomic E-state index is 11.9. The molecule has 7 aromatic rings. The topological polar surface area (TPSA) is 238 Å². The molecule has 0 aliphatic heterocycles. The van der Waals surface area contributed by atoms with Crippen LogP contribution in [0.2, 0.25) is 0 Å². The number of hydrogen-bond donors (Lipinski definition) is 3. The molecule has 0 radical (unpaired) electrons. The predicted molar refractivity (Wildman–Crippen MR) is 249 cm³/mol. The molecule has 4 N–H and O–H groups in total. The highest BCUT2D eigenvalue weighted by atomic mass is 32.2. The molecule has 7 rings (SSSR count). The summed E-state index contributed by atoms with van der Waals surface area (Å²) in [6.45, 7) is 3.78. The van der Waals surface area contributed by atoms with Gasteiger partial charge in [0.25, 0.3) is 10.1 Å². The molecule has 0 spiro atoms. The zero-order chi connectivity index (χ0) is 45.9. The van der Waals surface area contributed by atoms with Crippen molar-refractivity contribution < 1.29 is 32.3 Å². The molecule has 65 heavy (non-hydrogen) atoms. The standard InChI is InChI=1S/C47H40N10O7S/c1-30-7-4-5-8-40(30)52-51-36-14-22-43(46(28-36)64-23-6-24-65(60,61)62)55-53-41-20-12-34(25-31(41)2)49-50-35-13-21-42(45(27-35)63-3)54-56-44-19-9-32-26-38(17-18-39(32)47(44)59)57(29-58)37-15-10-33(48)11-16-37/h4-5,7-22,25-28H,6,23-24,48H2,1-3H3,(H-,49,52,54,55,59,60,61,62)/p+1. The van der Waals surface area contributed by atoms with Crippen LogP contribution in [0.25, 0.3) is 10.8 Å². The van der Waals surface area contributed by atoms with Crippen LogP contribution in [0.4, 0.5) is 62.6 Å². The van der Waals surface area contributed by atoms with Gasteiger partial charge in [0.2, 0.25) is 11.4 Å². The van der Waals surface area contributed by atoms with E-state index >= 15 is 0 Å². The van der Waals surface area contributed by atoms with E-state index in [1.807, 2.05) is 44.2 Å². The van der Waals surface area contributed by atoms with Crippen molar-refractivity contribution in [1.29, 1.82) is 0 Å². The second-order valence-electron chi connectivity index (χ2n) is 14.4. The van der Waals surface area contributed by atoms with Crippen molar-refractivity contribution in [3.05, 3.63) is 145 Å². The van der Waals surface area contributed by atoms with Gasteiger partial charge in [-0.3, -0.25) is 4.55 Å². The summed E-state index contributed by atoms with van der Waals surface area (Å²) in [6, 6.07) is 38.2. The van der Waals surface area contributed by atoms with Crippen molar-refractivity contribution in [2.75, 3.05) is 25.2 Å². The lowest BCUT2D eigenvalue weighted by Gasteiger charge is -2.09. The number of nitrogen functional groups attached to an aromatic ring is 1. The Labute approximate surface area is 373 Å². The molecule has 18 heteroatoms. The van der Waals surface area contributed by atoms with Gasteiger partial charge >= 0.3 is 6.08 Å². The number of nitrogens with two attached hydrogens (primary N) is 1. The number of azo groups is 4. The van der Waals surface area contributed by atoms with Gasteiger partial charge in [0.15, 0.2) is 5.75 Å². The average Bonchev–Trinajstić information content (AvgIpc) is 3.30. The number of fused-ring (bicyclic) bond motifs is 1. The number of phenols is 1. The smallest absolute Gasteiger partial charge is 0.437 e. The molecule has 326 valence electrons. The molecule has 0 heterocycles. The third kappa shape index (κ3) is 11.6. The lowest BCUT2D eigenvalue weighted by atomic mass is 10.1.